The molecule has 0 radical (unpaired) electrons. The van der Waals surface area contributed by atoms with Crippen LogP contribution in [0.15, 0.2) is 35.7 Å². The van der Waals surface area contributed by atoms with E-state index in [4.69, 9.17) is 14.2 Å². The molecule has 0 bridgehead atoms. The molecule has 1 aromatic carbocycles. The van der Waals surface area contributed by atoms with Crippen LogP contribution in [0.3, 0.4) is 0 Å². The number of H-pyrrole nitrogens is 1. The van der Waals surface area contributed by atoms with E-state index in [9.17, 15) is 9.59 Å². The fourth-order valence-corrected chi connectivity index (χ4v) is 4.38. The summed E-state index contributed by atoms with van der Waals surface area (Å²) in [5.74, 6) is 0.955. The Balaban J connectivity index is 1.63. The van der Waals surface area contributed by atoms with Crippen molar-refractivity contribution in [2.24, 2.45) is 0 Å². The fraction of sp³-hybridized carbons (Fsp3) is 0.304. The third-order valence-electron chi connectivity index (χ3n) is 5.20. The van der Waals surface area contributed by atoms with Crippen molar-refractivity contribution < 1.29 is 23.8 Å². The molecule has 162 valence electrons. The highest BCUT2D eigenvalue weighted by molar-refractivity contribution is 7.12. The van der Waals surface area contributed by atoms with E-state index in [0.717, 1.165) is 22.5 Å². The van der Waals surface area contributed by atoms with Crippen LogP contribution in [-0.4, -0.2) is 35.2 Å². The second-order valence-corrected chi connectivity index (χ2v) is 8.22. The lowest BCUT2D eigenvalue weighted by molar-refractivity contribution is 0.0524. The number of esters is 1. The summed E-state index contributed by atoms with van der Waals surface area (Å²) in [6, 6.07) is 9.36. The minimum Gasteiger partial charge on any atom is -0.462 e. The number of nitrogens with one attached hydrogen (secondary N) is 1. The van der Waals surface area contributed by atoms with Crippen molar-refractivity contribution >= 4 is 23.2 Å². The Bertz CT molecular complexity index is 1100. The molecule has 7 nitrogen and oxygen atoms in total. The van der Waals surface area contributed by atoms with Gasteiger partial charge in [-0.25, -0.2) is 4.79 Å². The number of nitrogens with zero attached hydrogens (tertiary/aromatic N) is 1. The van der Waals surface area contributed by atoms with Gasteiger partial charge >= 0.3 is 5.97 Å². The highest BCUT2D eigenvalue weighted by atomic mass is 32.1. The van der Waals surface area contributed by atoms with Gasteiger partial charge in [-0.3, -0.25) is 4.79 Å². The van der Waals surface area contributed by atoms with Crippen molar-refractivity contribution in [3.63, 3.8) is 0 Å². The van der Waals surface area contributed by atoms with Crippen molar-refractivity contribution in [2.75, 3.05) is 13.4 Å². The Morgan fingerprint density at radius 3 is 2.71 bits per heavy atom. The van der Waals surface area contributed by atoms with E-state index in [2.05, 4.69) is 4.98 Å². The first-order valence-electron chi connectivity index (χ1n) is 10.0. The molecule has 0 saturated carbocycles. The first kappa shape index (κ1) is 21.0. The summed E-state index contributed by atoms with van der Waals surface area (Å²) < 4.78 is 16.1. The molecule has 0 spiro atoms. The molecule has 0 atom stereocenters. The normalized spacial score (nSPS) is 12.1. The van der Waals surface area contributed by atoms with Crippen molar-refractivity contribution in [2.45, 2.75) is 33.9 Å². The van der Waals surface area contributed by atoms with Crippen LogP contribution in [0.4, 0.5) is 0 Å². The van der Waals surface area contributed by atoms with E-state index in [1.165, 1.54) is 11.3 Å². The number of hydrogen-bond donors (Lipinski definition) is 1. The maximum atomic E-state index is 13.3. The summed E-state index contributed by atoms with van der Waals surface area (Å²) in [5, 5.41) is 1.88. The third-order valence-corrected chi connectivity index (χ3v) is 6.06. The van der Waals surface area contributed by atoms with Gasteiger partial charge in [0.1, 0.15) is 0 Å². The Morgan fingerprint density at radius 2 is 1.97 bits per heavy atom. The van der Waals surface area contributed by atoms with Crippen LogP contribution in [0.5, 0.6) is 11.5 Å². The molecule has 1 amide bonds. The van der Waals surface area contributed by atoms with Crippen LogP contribution in [-0.2, 0) is 17.8 Å². The molecule has 31 heavy (non-hydrogen) atoms. The van der Waals surface area contributed by atoms with Gasteiger partial charge in [0.15, 0.2) is 11.5 Å². The Labute approximate surface area is 184 Å². The third kappa shape index (κ3) is 4.29. The monoisotopic (exact) mass is 440 g/mol. The summed E-state index contributed by atoms with van der Waals surface area (Å²) in [7, 11) is 0. The molecule has 0 saturated heterocycles. The maximum Gasteiger partial charge on any atom is 0.340 e. The quantitative estimate of drug-likeness (QED) is 0.550. The minimum absolute atomic E-state index is 0.0722. The van der Waals surface area contributed by atoms with Crippen LogP contribution >= 0.6 is 11.3 Å². The number of aromatic nitrogens is 1. The second kappa shape index (κ2) is 8.85. The van der Waals surface area contributed by atoms with Crippen LogP contribution in [0, 0.1) is 13.8 Å². The number of carbonyl (C=O) groups is 2. The average molecular weight is 441 g/mol. The summed E-state index contributed by atoms with van der Waals surface area (Å²) in [4.78, 5) is 31.3. The van der Waals surface area contributed by atoms with E-state index in [-0.39, 0.29) is 18.7 Å². The van der Waals surface area contributed by atoms with Gasteiger partial charge in [0.25, 0.3) is 5.91 Å². The molecule has 0 aliphatic carbocycles. The highest BCUT2D eigenvalue weighted by Gasteiger charge is 2.24. The molecular weight excluding hydrogens is 416 g/mol. The van der Waals surface area contributed by atoms with Gasteiger partial charge in [-0.15, -0.1) is 11.3 Å². The van der Waals surface area contributed by atoms with Crippen molar-refractivity contribution in [3.05, 3.63) is 68.7 Å². The number of rotatable bonds is 7. The lowest BCUT2D eigenvalue weighted by Gasteiger charge is -2.22. The number of ether oxygens (including phenoxy) is 3. The van der Waals surface area contributed by atoms with E-state index in [0.29, 0.717) is 41.6 Å². The average Bonchev–Trinajstić information content (AvgIpc) is 3.48. The van der Waals surface area contributed by atoms with E-state index >= 15 is 0 Å². The lowest BCUT2D eigenvalue weighted by atomic mass is 10.1. The van der Waals surface area contributed by atoms with Crippen LogP contribution < -0.4 is 9.47 Å². The number of fused-ring (bicyclic) bond motifs is 1. The summed E-state index contributed by atoms with van der Waals surface area (Å²) in [5.41, 5.74) is 3.80. The predicted molar refractivity (Wildman–Crippen MR) is 117 cm³/mol. The molecule has 1 aliphatic heterocycles. The Hall–Kier alpha value is -3.26. The predicted octanol–water partition coefficient (Wildman–Crippen LogP) is 4.44. The van der Waals surface area contributed by atoms with Crippen LogP contribution in [0.2, 0.25) is 0 Å². The molecule has 0 unspecified atom stereocenters. The molecule has 3 heterocycles. The van der Waals surface area contributed by atoms with Crippen LogP contribution in [0.25, 0.3) is 0 Å². The van der Waals surface area contributed by atoms with Gasteiger partial charge in [-0.2, -0.15) is 0 Å². The number of carbonyl (C=O) groups excluding carboxylic acids is 2. The summed E-state index contributed by atoms with van der Waals surface area (Å²) >= 11 is 1.40. The summed E-state index contributed by atoms with van der Waals surface area (Å²) in [6.07, 6.45) is 0. The smallest absolute Gasteiger partial charge is 0.340 e. The molecule has 8 heteroatoms. The summed E-state index contributed by atoms with van der Waals surface area (Å²) in [6.45, 7) is 6.73. The van der Waals surface area contributed by atoms with E-state index < -0.39 is 0 Å². The number of aryl methyl sites for hydroxylation is 1. The van der Waals surface area contributed by atoms with Gasteiger partial charge in [0.05, 0.1) is 23.6 Å². The molecule has 1 N–H and O–H groups in total. The second-order valence-electron chi connectivity index (χ2n) is 7.28. The number of amides is 1. The highest BCUT2D eigenvalue weighted by Crippen LogP contribution is 2.33. The molecule has 2 aromatic heterocycles. The standard InChI is InChI=1S/C23H24N2O5S/c1-4-28-23(27)21-14(2)17(24-15(21)3)12-25(22(26)20-6-5-9-31-20)11-16-7-8-18-19(10-16)30-13-29-18/h5-10,24H,4,11-13H2,1-3H3. The number of thiophene rings is 1. The van der Waals surface area contributed by atoms with Crippen LogP contribution in [0.1, 0.15) is 49.5 Å². The Kier molecular flexibility index (Phi) is 5.99. The molecular formula is C23H24N2O5S. The van der Waals surface area contributed by atoms with Gasteiger partial charge in [-0.1, -0.05) is 12.1 Å². The van der Waals surface area contributed by atoms with Gasteiger partial charge in [0.2, 0.25) is 6.79 Å². The first-order valence-corrected chi connectivity index (χ1v) is 10.9. The molecule has 4 rings (SSSR count). The van der Waals surface area contributed by atoms with Gasteiger partial charge < -0.3 is 24.1 Å². The number of hydrogen-bond acceptors (Lipinski definition) is 6. The molecule has 1 aliphatic rings. The largest absolute Gasteiger partial charge is 0.462 e. The Morgan fingerprint density at radius 1 is 1.16 bits per heavy atom. The lowest BCUT2D eigenvalue weighted by Crippen LogP contribution is -2.30. The SMILES string of the molecule is CCOC(=O)c1c(C)[nH]c(CN(Cc2ccc3c(c2)OCO3)C(=O)c2cccs2)c1C. The maximum absolute atomic E-state index is 13.3. The van der Waals surface area contributed by atoms with Gasteiger partial charge in [0, 0.05) is 17.9 Å². The molecule has 0 fully saturated rings. The molecule has 3 aromatic rings. The number of benzene rings is 1. The number of aromatic amines is 1. The minimum atomic E-state index is -0.355. The van der Waals surface area contributed by atoms with E-state index in [1.807, 2.05) is 49.6 Å². The van der Waals surface area contributed by atoms with E-state index in [1.54, 1.807) is 11.8 Å². The zero-order chi connectivity index (χ0) is 22.0. The van der Waals surface area contributed by atoms with Crippen molar-refractivity contribution in [3.8, 4) is 11.5 Å². The topological polar surface area (TPSA) is 80.9 Å². The first-order chi connectivity index (χ1) is 15.0. The fourth-order valence-electron chi connectivity index (χ4n) is 3.69. The van der Waals surface area contributed by atoms with Crippen molar-refractivity contribution in [1.82, 2.24) is 9.88 Å². The van der Waals surface area contributed by atoms with Crippen molar-refractivity contribution in [1.29, 1.82) is 0 Å². The van der Waals surface area contributed by atoms with Gasteiger partial charge in [-0.05, 0) is 55.5 Å². The zero-order valence-electron chi connectivity index (χ0n) is 17.7. The zero-order valence-corrected chi connectivity index (χ0v) is 18.5.